The molecule has 0 unspecified atom stereocenters. The fraction of sp³-hybridized carbons (Fsp3) is 0.421. The van der Waals surface area contributed by atoms with E-state index < -0.39 is 5.91 Å². The number of nitrogens with zero attached hydrogens (tertiary/aromatic N) is 3. The fourth-order valence-electron chi connectivity index (χ4n) is 3.59. The predicted octanol–water partition coefficient (Wildman–Crippen LogP) is 2.12. The summed E-state index contributed by atoms with van der Waals surface area (Å²) in [7, 11) is 0. The van der Waals surface area contributed by atoms with Crippen LogP contribution in [-0.4, -0.2) is 23.4 Å². The Bertz CT molecular complexity index is 783. The van der Waals surface area contributed by atoms with E-state index in [-0.39, 0.29) is 30.1 Å². The standard InChI is InChI=1S/C19H20N4O3/c1-12(21-22-17(24)10-11-20)13-6-8-14(9-7-13)23-18(25)15-4-2-3-5-16(15)19(23)26/h6-9,15-16H,2-5,10H2,1H3,(H,22,24)/b21-12-/t15-,16-/m1/s1. The first-order valence-corrected chi connectivity index (χ1v) is 8.71. The second kappa shape index (κ2) is 7.48. The van der Waals surface area contributed by atoms with Crippen LogP contribution in [0.4, 0.5) is 5.69 Å². The van der Waals surface area contributed by atoms with Gasteiger partial charge < -0.3 is 0 Å². The number of amides is 3. The maximum atomic E-state index is 12.6. The normalized spacial score (nSPS) is 22.8. The van der Waals surface area contributed by atoms with Crippen LogP contribution < -0.4 is 10.3 Å². The molecule has 1 aliphatic carbocycles. The van der Waals surface area contributed by atoms with E-state index >= 15 is 0 Å². The molecular formula is C19H20N4O3. The van der Waals surface area contributed by atoms with Crippen molar-refractivity contribution in [2.24, 2.45) is 16.9 Å². The van der Waals surface area contributed by atoms with Crippen LogP contribution >= 0.6 is 0 Å². The highest BCUT2D eigenvalue weighted by Gasteiger charge is 2.48. The lowest BCUT2D eigenvalue weighted by molar-refractivity contribution is -0.123. The molecule has 0 aromatic heterocycles. The Kier molecular flexibility index (Phi) is 5.12. The van der Waals surface area contributed by atoms with E-state index in [1.165, 1.54) is 4.90 Å². The first kappa shape index (κ1) is 17.8. The molecule has 134 valence electrons. The molecule has 26 heavy (non-hydrogen) atoms. The number of hydrogen-bond donors (Lipinski definition) is 1. The molecule has 1 heterocycles. The zero-order valence-corrected chi connectivity index (χ0v) is 14.6. The lowest BCUT2D eigenvalue weighted by Crippen LogP contribution is -2.30. The molecule has 1 aromatic carbocycles. The Morgan fingerprint density at radius 1 is 1.19 bits per heavy atom. The minimum atomic E-state index is -0.473. The average molecular weight is 352 g/mol. The third kappa shape index (κ3) is 3.36. The van der Waals surface area contributed by atoms with Gasteiger partial charge in [0.1, 0.15) is 6.42 Å². The maximum Gasteiger partial charge on any atom is 0.254 e. The Morgan fingerprint density at radius 2 is 1.77 bits per heavy atom. The maximum absolute atomic E-state index is 12.6. The van der Waals surface area contributed by atoms with E-state index in [9.17, 15) is 14.4 Å². The molecule has 7 heteroatoms. The van der Waals surface area contributed by atoms with Crippen molar-refractivity contribution in [2.75, 3.05) is 4.90 Å². The molecule has 3 rings (SSSR count). The summed E-state index contributed by atoms with van der Waals surface area (Å²) in [4.78, 5) is 37.8. The number of fused-ring (bicyclic) bond motifs is 1. The zero-order chi connectivity index (χ0) is 18.7. The molecule has 2 atom stereocenters. The van der Waals surface area contributed by atoms with Crippen LogP contribution in [0.15, 0.2) is 29.4 Å². The average Bonchev–Trinajstić information content (AvgIpc) is 2.91. The van der Waals surface area contributed by atoms with Gasteiger partial charge in [-0.1, -0.05) is 25.0 Å². The molecule has 2 aliphatic rings. The Labute approximate surface area is 151 Å². The SMILES string of the molecule is C/C(=N/NC(=O)CC#N)c1ccc(N2C(=O)[C@@H]3CCCC[C@H]3C2=O)cc1. The molecule has 0 spiro atoms. The van der Waals surface area contributed by atoms with Crippen molar-refractivity contribution >= 4 is 29.1 Å². The number of carbonyl (C=O) groups excluding carboxylic acids is 3. The highest BCUT2D eigenvalue weighted by molar-refractivity contribution is 6.22. The lowest BCUT2D eigenvalue weighted by Gasteiger charge is -2.19. The van der Waals surface area contributed by atoms with Crippen molar-refractivity contribution in [3.8, 4) is 6.07 Å². The van der Waals surface area contributed by atoms with Crippen molar-refractivity contribution in [3.05, 3.63) is 29.8 Å². The van der Waals surface area contributed by atoms with Gasteiger partial charge >= 0.3 is 0 Å². The van der Waals surface area contributed by atoms with Gasteiger partial charge in [-0.05, 0) is 37.5 Å². The van der Waals surface area contributed by atoms with E-state index in [2.05, 4.69) is 10.5 Å². The van der Waals surface area contributed by atoms with Gasteiger partial charge in [-0.2, -0.15) is 10.4 Å². The first-order chi connectivity index (χ1) is 12.5. The molecule has 2 fully saturated rings. The van der Waals surface area contributed by atoms with E-state index in [0.29, 0.717) is 11.4 Å². The van der Waals surface area contributed by atoms with E-state index in [1.807, 2.05) is 0 Å². The van der Waals surface area contributed by atoms with Gasteiger partial charge in [-0.3, -0.25) is 19.3 Å². The van der Waals surface area contributed by atoms with E-state index in [1.54, 1.807) is 37.3 Å². The highest BCUT2D eigenvalue weighted by Crippen LogP contribution is 2.40. The molecule has 7 nitrogen and oxygen atoms in total. The number of benzene rings is 1. The Morgan fingerprint density at radius 3 is 2.31 bits per heavy atom. The van der Waals surface area contributed by atoms with Crippen LogP contribution in [0.2, 0.25) is 0 Å². The number of carbonyl (C=O) groups is 3. The van der Waals surface area contributed by atoms with Gasteiger partial charge in [0.05, 0.1) is 29.3 Å². The largest absolute Gasteiger partial charge is 0.274 e. The van der Waals surface area contributed by atoms with Crippen LogP contribution in [0.5, 0.6) is 0 Å². The van der Waals surface area contributed by atoms with Gasteiger partial charge in [-0.15, -0.1) is 0 Å². The van der Waals surface area contributed by atoms with Crippen molar-refractivity contribution in [1.29, 1.82) is 5.26 Å². The summed E-state index contributed by atoms with van der Waals surface area (Å²) in [6.45, 7) is 1.72. The number of imide groups is 1. The second-order valence-corrected chi connectivity index (χ2v) is 6.62. The van der Waals surface area contributed by atoms with Crippen LogP contribution in [-0.2, 0) is 14.4 Å². The molecule has 3 amide bonds. The second-order valence-electron chi connectivity index (χ2n) is 6.62. The number of hydrogen-bond acceptors (Lipinski definition) is 5. The summed E-state index contributed by atoms with van der Waals surface area (Å²) in [5.41, 5.74) is 4.19. The molecule has 1 N–H and O–H groups in total. The molecule has 1 aromatic rings. The number of hydrazone groups is 1. The number of anilines is 1. The number of nitriles is 1. The molecule has 1 saturated heterocycles. The summed E-state index contributed by atoms with van der Waals surface area (Å²) < 4.78 is 0. The third-order valence-corrected chi connectivity index (χ3v) is 4.97. The van der Waals surface area contributed by atoms with Gasteiger partial charge in [0, 0.05) is 0 Å². The van der Waals surface area contributed by atoms with Gasteiger partial charge in [-0.25, -0.2) is 5.43 Å². The van der Waals surface area contributed by atoms with Crippen LogP contribution in [0, 0.1) is 23.2 Å². The Balaban J connectivity index is 1.74. The van der Waals surface area contributed by atoms with E-state index in [4.69, 9.17) is 5.26 Å². The van der Waals surface area contributed by atoms with Gasteiger partial charge in [0.2, 0.25) is 11.8 Å². The third-order valence-electron chi connectivity index (χ3n) is 4.97. The summed E-state index contributed by atoms with van der Waals surface area (Å²) >= 11 is 0. The summed E-state index contributed by atoms with van der Waals surface area (Å²) in [6, 6.07) is 8.70. The summed E-state index contributed by atoms with van der Waals surface area (Å²) in [5.74, 6) is -1.01. The zero-order valence-electron chi connectivity index (χ0n) is 14.6. The highest BCUT2D eigenvalue weighted by atomic mass is 16.2. The lowest BCUT2D eigenvalue weighted by atomic mass is 9.81. The van der Waals surface area contributed by atoms with Crippen molar-refractivity contribution in [1.82, 2.24) is 5.43 Å². The van der Waals surface area contributed by atoms with Gasteiger partial charge in [0.15, 0.2) is 0 Å². The summed E-state index contributed by atoms with van der Waals surface area (Å²) in [6.07, 6.45) is 3.33. The predicted molar refractivity (Wildman–Crippen MR) is 95.0 cm³/mol. The van der Waals surface area contributed by atoms with Crippen molar-refractivity contribution in [3.63, 3.8) is 0 Å². The van der Waals surface area contributed by atoms with Gasteiger partial charge in [0.25, 0.3) is 5.91 Å². The van der Waals surface area contributed by atoms with Crippen molar-refractivity contribution in [2.45, 2.75) is 39.0 Å². The first-order valence-electron chi connectivity index (χ1n) is 8.71. The molecule has 1 aliphatic heterocycles. The van der Waals surface area contributed by atoms with E-state index in [0.717, 1.165) is 31.2 Å². The van der Waals surface area contributed by atoms with Crippen LogP contribution in [0.25, 0.3) is 0 Å². The molecule has 0 bridgehead atoms. The quantitative estimate of drug-likeness (QED) is 0.509. The van der Waals surface area contributed by atoms with Crippen molar-refractivity contribution < 1.29 is 14.4 Å². The minimum Gasteiger partial charge on any atom is -0.274 e. The van der Waals surface area contributed by atoms with Crippen LogP contribution in [0.1, 0.15) is 44.6 Å². The topological polar surface area (TPSA) is 103 Å². The number of rotatable bonds is 4. The summed E-state index contributed by atoms with van der Waals surface area (Å²) in [5, 5.41) is 12.4. The number of nitrogens with one attached hydrogen (secondary N) is 1. The molecule has 0 radical (unpaired) electrons. The van der Waals surface area contributed by atoms with Crippen LogP contribution in [0.3, 0.4) is 0 Å². The monoisotopic (exact) mass is 352 g/mol. The molecule has 1 saturated carbocycles. The molecular weight excluding hydrogens is 332 g/mol. The smallest absolute Gasteiger partial charge is 0.254 e. The Hall–Kier alpha value is -3.01. The fourth-order valence-corrected chi connectivity index (χ4v) is 3.59. The minimum absolute atomic E-state index is 0.0957.